The largest absolute Gasteiger partial charge is 0.467 e. The van der Waals surface area contributed by atoms with Crippen LogP contribution in [0, 0.1) is 18.8 Å². The Bertz CT molecular complexity index is 987. The summed E-state index contributed by atoms with van der Waals surface area (Å²) in [6.45, 7) is 2.13. The first-order chi connectivity index (χ1) is 15.4. The van der Waals surface area contributed by atoms with Crippen LogP contribution in [0.3, 0.4) is 0 Å². The quantitative estimate of drug-likeness (QED) is 0.667. The van der Waals surface area contributed by atoms with Gasteiger partial charge in [0.15, 0.2) is 6.04 Å². The van der Waals surface area contributed by atoms with Gasteiger partial charge in [-0.05, 0) is 73.8 Å². The van der Waals surface area contributed by atoms with Gasteiger partial charge in [-0.1, -0.05) is 60.2 Å². The Morgan fingerprint density at radius 2 is 1.62 bits per heavy atom. The van der Waals surface area contributed by atoms with Gasteiger partial charge in [0, 0.05) is 5.54 Å². The molecule has 2 N–H and O–H groups in total. The molecule has 4 aliphatic rings. The Kier molecular flexibility index (Phi) is 5.23. The molecule has 4 aliphatic carbocycles. The van der Waals surface area contributed by atoms with Crippen LogP contribution in [0.5, 0.6) is 0 Å². The van der Waals surface area contributed by atoms with E-state index in [1.807, 2.05) is 30.3 Å². The summed E-state index contributed by atoms with van der Waals surface area (Å²) in [6, 6.07) is 17.2. The molecule has 5 nitrogen and oxygen atoms in total. The van der Waals surface area contributed by atoms with E-state index >= 15 is 0 Å². The number of carbonyl (C=O) groups excluding carboxylic acids is 2. The molecule has 2 aromatic rings. The average Bonchev–Trinajstić information content (AvgIpc) is 2.76. The second-order valence-corrected chi connectivity index (χ2v) is 10.4. The standard InChI is InChI=1S/C27H32N2O3/c1-18-8-10-22(11-9-18)26-13-19-12-20(14-26)16-27(15-19,17-26)29-25(31)28-23(24(30)32-2)21-6-4-3-5-7-21/h3-11,19-20,23H,12-17H2,1-2H3,(H2,28,29,31)/t19-,20+,23-,26?,27?/m0/s1. The van der Waals surface area contributed by atoms with Crippen LogP contribution >= 0.6 is 0 Å². The molecule has 2 unspecified atom stereocenters. The van der Waals surface area contributed by atoms with Gasteiger partial charge in [0.25, 0.3) is 0 Å². The molecule has 0 heterocycles. The van der Waals surface area contributed by atoms with E-state index in [1.165, 1.54) is 37.5 Å². The summed E-state index contributed by atoms with van der Waals surface area (Å²) in [7, 11) is 1.35. The van der Waals surface area contributed by atoms with Crippen molar-refractivity contribution in [2.75, 3.05) is 7.11 Å². The van der Waals surface area contributed by atoms with Gasteiger partial charge >= 0.3 is 12.0 Å². The van der Waals surface area contributed by atoms with Crippen molar-refractivity contribution in [1.29, 1.82) is 0 Å². The van der Waals surface area contributed by atoms with Crippen molar-refractivity contribution in [1.82, 2.24) is 10.6 Å². The van der Waals surface area contributed by atoms with Crippen LogP contribution in [0.4, 0.5) is 4.79 Å². The lowest BCUT2D eigenvalue weighted by molar-refractivity contribution is -0.143. The van der Waals surface area contributed by atoms with Crippen LogP contribution in [-0.4, -0.2) is 24.6 Å². The smallest absolute Gasteiger partial charge is 0.333 e. The molecule has 32 heavy (non-hydrogen) atoms. The summed E-state index contributed by atoms with van der Waals surface area (Å²) in [5, 5.41) is 6.25. The monoisotopic (exact) mass is 432 g/mol. The van der Waals surface area contributed by atoms with Crippen molar-refractivity contribution in [2.45, 2.75) is 62.4 Å². The number of nitrogens with one attached hydrogen (secondary N) is 2. The zero-order valence-electron chi connectivity index (χ0n) is 18.9. The minimum absolute atomic E-state index is 0.145. The first-order valence-electron chi connectivity index (χ1n) is 11.7. The van der Waals surface area contributed by atoms with Crippen molar-refractivity contribution in [3.8, 4) is 0 Å². The zero-order valence-corrected chi connectivity index (χ0v) is 18.9. The lowest BCUT2D eigenvalue weighted by Gasteiger charge is -2.62. The maximum atomic E-state index is 13.2. The van der Waals surface area contributed by atoms with E-state index in [1.54, 1.807) is 0 Å². The van der Waals surface area contributed by atoms with Crippen LogP contribution in [0.2, 0.25) is 0 Å². The van der Waals surface area contributed by atoms with Crippen molar-refractivity contribution in [2.24, 2.45) is 11.8 Å². The average molecular weight is 433 g/mol. The van der Waals surface area contributed by atoms with E-state index in [-0.39, 0.29) is 17.0 Å². The SMILES string of the molecule is COC(=O)[C@@H](NC(=O)NC12C[C@H]3C[C@@H](C1)CC(c1ccc(C)cc1)(C3)C2)c1ccccc1. The Morgan fingerprint density at radius 1 is 0.969 bits per heavy atom. The molecule has 2 aromatic carbocycles. The molecular weight excluding hydrogens is 400 g/mol. The van der Waals surface area contributed by atoms with Crippen molar-refractivity contribution in [3.05, 3.63) is 71.3 Å². The molecule has 0 aromatic heterocycles. The minimum Gasteiger partial charge on any atom is -0.467 e. The van der Waals surface area contributed by atoms with Gasteiger partial charge in [-0.15, -0.1) is 0 Å². The maximum Gasteiger partial charge on any atom is 0.333 e. The summed E-state index contributed by atoms with van der Waals surface area (Å²) in [5.74, 6) is 0.819. The highest BCUT2D eigenvalue weighted by Crippen LogP contribution is 2.62. The van der Waals surface area contributed by atoms with Crippen LogP contribution in [0.25, 0.3) is 0 Å². The van der Waals surface area contributed by atoms with Gasteiger partial charge < -0.3 is 15.4 Å². The predicted octanol–water partition coefficient (Wildman–Crippen LogP) is 4.80. The molecule has 0 aliphatic heterocycles. The molecule has 168 valence electrons. The van der Waals surface area contributed by atoms with E-state index in [2.05, 4.69) is 41.8 Å². The lowest BCUT2D eigenvalue weighted by Crippen LogP contribution is -2.65. The van der Waals surface area contributed by atoms with Crippen LogP contribution in [0.1, 0.15) is 61.3 Å². The van der Waals surface area contributed by atoms with E-state index in [0.717, 1.165) is 24.8 Å². The zero-order chi connectivity index (χ0) is 22.3. The molecule has 5 atom stereocenters. The molecule has 0 spiro atoms. The Morgan fingerprint density at radius 3 is 2.25 bits per heavy atom. The number of ether oxygens (including phenoxy) is 1. The van der Waals surface area contributed by atoms with E-state index in [9.17, 15) is 9.59 Å². The Balaban J connectivity index is 1.37. The first kappa shape index (κ1) is 21.0. The second kappa shape index (κ2) is 7.95. The van der Waals surface area contributed by atoms with E-state index in [0.29, 0.717) is 11.8 Å². The van der Waals surface area contributed by atoms with Crippen LogP contribution < -0.4 is 10.6 Å². The summed E-state index contributed by atoms with van der Waals surface area (Å²) in [5.41, 5.74) is 3.35. The Hall–Kier alpha value is -2.82. The number of urea groups is 1. The Labute approximate surface area is 189 Å². The molecule has 4 fully saturated rings. The predicted molar refractivity (Wildman–Crippen MR) is 123 cm³/mol. The molecule has 0 radical (unpaired) electrons. The first-order valence-corrected chi connectivity index (χ1v) is 11.7. The number of hydrogen-bond acceptors (Lipinski definition) is 3. The molecule has 4 saturated carbocycles. The topological polar surface area (TPSA) is 67.4 Å². The van der Waals surface area contributed by atoms with E-state index < -0.39 is 12.0 Å². The van der Waals surface area contributed by atoms with Crippen LogP contribution in [0.15, 0.2) is 54.6 Å². The lowest BCUT2D eigenvalue weighted by atomic mass is 9.45. The van der Waals surface area contributed by atoms with Gasteiger partial charge in [-0.2, -0.15) is 0 Å². The summed E-state index contributed by atoms with van der Waals surface area (Å²) in [4.78, 5) is 25.6. The van der Waals surface area contributed by atoms with Crippen molar-refractivity contribution >= 4 is 12.0 Å². The highest BCUT2D eigenvalue weighted by Gasteiger charge is 2.58. The van der Waals surface area contributed by atoms with Gasteiger partial charge in [-0.3, -0.25) is 0 Å². The molecule has 0 saturated heterocycles. The number of methoxy groups -OCH3 is 1. The normalized spacial score (nSPS) is 31.1. The molecule has 6 rings (SSSR count). The highest BCUT2D eigenvalue weighted by molar-refractivity contribution is 5.85. The fourth-order valence-electron chi connectivity index (χ4n) is 7.10. The van der Waals surface area contributed by atoms with Crippen LogP contribution in [-0.2, 0) is 14.9 Å². The van der Waals surface area contributed by atoms with Gasteiger partial charge in [0.1, 0.15) is 0 Å². The van der Waals surface area contributed by atoms with E-state index in [4.69, 9.17) is 4.74 Å². The number of benzene rings is 2. The fourth-order valence-corrected chi connectivity index (χ4v) is 7.10. The molecular formula is C27H32N2O3. The third-order valence-corrected chi connectivity index (χ3v) is 7.95. The highest BCUT2D eigenvalue weighted by atomic mass is 16.5. The molecule has 5 heteroatoms. The van der Waals surface area contributed by atoms with Crippen molar-refractivity contribution in [3.63, 3.8) is 0 Å². The third kappa shape index (κ3) is 3.78. The number of esters is 1. The summed E-state index contributed by atoms with van der Waals surface area (Å²) < 4.78 is 4.96. The maximum absolute atomic E-state index is 13.2. The number of rotatable bonds is 5. The molecule has 4 bridgehead atoms. The fraction of sp³-hybridized carbons (Fsp3) is 0.481. The van der Waals surface area contributed by atoms with Gasteiger partial charge in [0.05, 0.1) is 7.11 Å². The number of hydrogen-bond donors (Lipinski definition) is 2. The van der Waals surface area contributed by atoms with Gasteiger partial charge in [-0.25, -0.2) is 9.59 Å². The summed E-state index contributed by atoms with van der Waals surface area (Å²) >= 11 is 0. The number of amides is 2. The third-order valence-electron chi connectivity index (χ3n) is 7.95. The number of aryl methyl sites for hydroxylation is 1. The molecule has 2 amide bonds. The van der Waals surface area contributed by atoms with Crippen molar-refractivity contribution < 1.29 is 14.3 Å². The minimum atomic E-state index is -0.818. The van der Waals surface area contributed by atoms with Gasteiger partial charge in [0.2, 0.25) is 0 Å². The second-order valence-electron chi connectivity index (χ2n) is 10.4. The number of carbonyl (C=O) groups is 2. The summed E-state index contributed by atoms with van der Waals surface area (Å²) in [6.07, 6.45) is 6.72.